The van der Waals surface area contributed by atoms with Crippen molar-refractivity contribution >= 4 is 0 Å². The third-order valence-electron chi connectivity index (χ3n) is 4.48. The van der Waals surface area contributed by atoms with Gasteiger partial charge in [0.05, 0.1) is 5.60 Å². The van der Waals surface area contributed by atoms with Crippen LogP contribution in [0.3, 0.4) is 0 Å². The normalized spacial score (nSPS) is 34.5. The molecule has 2 aliphatic rings. The number of rotatable bonds is 4. The molecule has 3 atom stereocenters. The van der Waals surface area contributed by atoms with Gasteiger partial charge < -0.3 is 15.7 Å². The molecule has 2 rings (SSSR count). The van der Waals surface area contributed by atoms with Gasteiger partial charge in [-0.05, 0) is 52.0 Å². The number of nitrogens with one attached hydrogen (secondary N) is 2. The molecule has 0 spiro atoms. The van der Waals surface area contributed by atoms with Crippen LogP contribution in [0.15, 0.2) is 0 Å². The summed E-state index contributed by atoms with van der Waals surface area (Å²) in [5.74, 6) is 0.765. The summed E-state index contributed by atoms with van der Waals surface area (Å²) in [5, 5.41) is 17.2. The van der Waals surface area contributed by atoms with Crippen molar-refractivity contribution in [1.29, 1.82) is 0 Å². The second kappa shape index (κ2) is 6.36. The molecule has 3 nitrogen and oxygen atoms in total. The van der Waals surface area contributed by atoms with Gasteiger partial charge in [0, 0.05) is 18.6 Å². The minimum atomic E-state index is -0.595. The second-order valence-corrected chi connectivity index (χ2v) is 6.80. The van der Waals surface area contributed by atoms with Crippen LogP contribution >= 0.6 is 0 Å². The molecule has 0 bridgehead atoms. The molecule has 1 aliphatic carbocycles. The predicted octanol–water partition coefficient (Wildman–Crippen LogP) is 2.05. The Bertz CT molecular complexity index is 243. The third-order valence-corrected chi connectivity index (χ3v) is 4.48. The summed E-state index contributed by atoms with van der Waals surface area (Å²) in [6.45, 7) is 5.67. The molecule has 0 radical (unpaired) electrons. The van der Waals surface area contributed by atoms with Gasteiger partial charge >= 0.3 is 0 Å². The van der Waals surface area contributed by atoms with Gasteiger partial charge in [0.1, 0.15) is 0 Å². The fourth-order valence-corrected chi connectivity index (χ4v) is 3.52. The van der Waals surface area contributed by atoms with Crippen LogP contribution in [0.4, 0.5) is 0 Å². The molecule has 0 aromatic carbocycles. The van der Waals surface area contributed by atoms with Crippen LogP contribution < -0.4 is 10.6 Å². The van der Waals surface area contributed by atoms with Crippen LogP contribution in [0.5, 0.6) is 0 Å². The van der Waals surface area contributed by atoms with E-state index in [9.17, 15) is 5.11 Å². The Morgan fingerprint density at radius 3 is 2.50 bits per heavy atom. The fourth-order valence-electron chi connectivity index (χ4n) is 3.52. The molecule has 1 saturated carbocycles. The maximum atomic E-state index is 9.87. The van der Waals surface area contributed by atoms with E-state index >= 15 is 0 Å². The van der Waals surface area contributed by atoms with Gasteiger partial charge in [-0.15, -0.1) is 0 Å². The number of hydrogen-bond donors (Lipinski definition) is 3. The fraction of sp³-hybridized carbons (Fsp3) is 1.00. The molecule has 3 heteroatoms. The molecule has 0 aromatic rings. The summed E-state index contributed by atoms with van der Waals surface area (Å²) in [4.78, 5) is 0. The summed E-state index contributed by atoms with van der Waals surface area (Å²) in [5.41, 5.74) is -0.595. The van der Waals surface area contributed by atoms with Gasteiger partial charge in [0.25, 0.3) is 0 Å². The molecular formula is C15H30N2O. The molecule has 1 heterocycles. The lowest BCUT2D eigenvalue weighted by Crippen LogP contribution is -2.52. The molecular weight excluding hydrogens is 224 g/mol. The lowest BCUT2D eigenvalue weighted by molar-refractivity contribution is 0.0668. The van der Waals surface area contributed by atoms with E-state index in [1.807, 2.05) is 13.8 Å². The zero-order valence-electron chi connectivity index (χ0n) is 12.0. The highest BCUT2D eigenvalue weighted by Crippen LogP contribution is 2.30. The van der Waals surface area contributed by atoms with E-state index in [4.69, 9.17) is 0 Å². The van der Waals surface area contributed by atoms with E-state index in [2.05, 4.69) is 10.6 Å². The summed E-state index contributed by atoms with van der Waals surface area (Å²) < 4.78 is 0. The number of piperidine rings is 1. The molecule has 1 aliphatic heterocycles. The SMILES string of the molecule is CC(C)(O)CNC1CCCCC1C1CCCCN1. The highest BCUT2D eigenvalue weighted by molar-refractivity contribution is 4.91. The summed E-state index contributed by atoms with van der Waals surface area (Å²) >= 11 is 0. The van der Waals surface area contributed by atoms with Crippen LogP contribution in [0.1, 0.15) is 58.8 Å². The molecule has 18 heavy (non-hydrogen) atoms. The maximum absolute atomic E-state index is 9.87. The molecule has 2 fully saturated rings. The Morgan fingerprint density at radius 1 is 1.11 bits per heavy atom. The Hall–Kier alpha value is -0.120. The van der Waals surface area contributed by atoms with Crippen molar-refractivity contribution in [3.8, 4) is 0 Å². The molecule has 106 valence electrons. The van der Waals surface area contributed by atoms with Gasteiger partial charge in [-0.1, -0.05) is 19.3 Å². The maximum Gasteiger partial charge on any atom is 0.0715 e. The van der Waals surface area contributed by atoms with E-state index in [1.54, 1.807) is 0 Å². The van der Waals surface area contributed by atoms with Gasteiger partial charge in [-0.3, -0.25) is 0 Å². The standard InChI is InChI=1S/C15H30N2O/c1-15(2,18)11-17-14-8-4-3-7-12(14)13-9-5-6-10-16-13/h12-14,16-18H,3-11H2,1-2H3. The lowest BCUT2D eigenvalue weighted by Gasteiger charge is -2.40. The largest absolute Gasteiger partial charge is 0.389 e. The minimum absolute atomic E-state index is 0.595. The Morgan fingerprint density at radius 2 is 1.83 bits per heavy atom. The number of hydrogen-bond acceptors (Lipinski definition) is 3. The van der Waals surface area contributed by atoms with Crippen LogP contribution in [-0.2, 0) is 0 Å². The monoisotopic (exact) mass is 254 g/mol. The van der Waals surface area contributed by atoms with Crippen LogP contribution in [0.25, 0.3) is 0 Å². The first-order valence-electron chi connectivity index (χ1n) is 7.75. The van der Waals surface area contributed by atoms with E-state index < -0.39 is 5.60 Å². The van der Waals surface area contributed by atoms with Crippen LogP contribution in [-0.4, -0.2) is 35.9 Å². The van der Waals surface area contributed by atoms with E-state index in [0.717, 1.165) is 5.92 Å². The topological polar surface area (TPSA) is 44.3 Å². The summed E-state index contributed by atoms with van der Waals surface area (Å²) in [6.07, 6.45) is 9.40. The quantitative estimate of drug-likeness (QED) is 0.719. The highest BCUT2D eigenvalue weighted by Gasteiger charge is 2.32. The van der Waals surface area contributed by atoms with Gasteiger partial charge in [0.2, 0.25) is 0 Å². The smallest absolute Gasteiger partial charge is 0.0715 e. The van der Waals surface area contributed by atoms with Gasteiger partial charge in [-0.2, -0.15) is 0 Å². The van der Waals surface area contributed by atoms with Crippen LogP contribution in [0.2, 0.25) is 0 Å². The van der Waals surface area contributed by atoms with Crippen molar-refractivity contribution in [1.82, 2.24) is 10.6 Å². The Balaban J connectivity index is 1.88. The van der Waals surface area contributed by atoms with Crippen molar-refractivity contribution < 1.29 is 5.11 Å². The first-order chi connectivity index (χ1) is 8.56. The summed E-state index contributed by atoms with van der Waals surface area (Å²) in [6, 6.07) is 1.30. The van der Waals surface area contributed by atoms with E-state index in [-0.39, 0.29) is 0 Å². The average molecular weight is 254 g/mol. The first-order valence-corrected chi connectivity index (χ1v) is 7.75. The van der Waals surface area contributed by atoms with Gasteiger partial charge in [0.15, 0.2) is 0 Å². The first kappa shape index (κ1) is 14.3. The van der Waals surface area contributed by atoms with Crippen molar-refractivity contribution in [2.75, 3.05) is 13.1 Å². The van der Waals surface area contributed by atoms with Crippen molar-refractivity contribution in [3.05, 3.63) is 0 Å². The van der Waals surface area contributed by atoms with Gasteiger partial charge in [-0.25, -0.2) is 0 Å². The lowest BCUT2D eigenvalue weighted by atomic mass is 9.77. The Kier molecular flexibility index (Phi) is 5.05. The van der Waals surface area contributed by atoms with Crippen LogP contribution in [0, 0.1) is 5.92 Å². The molecule has 3 N–H and O–H groups in total. The predicted molar refractivity (Wildman–Crippen MR) is 75.7 cm³/mol. The van der Waals surface area contributed by atoms with E-state index in [1.165, 1.54) is 51.5 Å². The molecule has 0 amide bonds. The van der Waals surface area contributed by atoms with Crippen molar-refractivity contribution in [2.24, 2.45) is 5.92 Å². The second-order valence-electron chi connectivity index (χ2n) is 6.80. The third kappa shape index (κ3) is 4.22. The molecule has 3 unspecified atom stereocenters. The Labute approximate surface area is 112 Å². The summed E-state index contributed by atoms with van der Waals surface area (Å²) in [7, 11) is 0. The highest BCUT2D eigenvalue weighted by atomic mass is 16.3. The molecule has 1 saturated heterocycles. The minimum Gasteiger partial charge on any atom is -0.389 e. The average Bonchev–Trinajstić information content (AvgIpc) is 2.37. The van der Waals surface area contributed by atoms with Crippen molar-refractivity contribution in [3.63, 3.8) is 0 Å². The zero-order valence-corrected chi connectivity index (χ0v) is 12.0. The molecule has 0 aromatic heterocycles. The van der Waals surface area contributed by atoms with Crippen molar-refractivity contribution in [2.45, 2.75) is 76.5 Å². The van der Waals surface area contributed by atoms with E-state index in [0.29, 0.717) is 18.6 Å². The zero-order chi connectivity index (χ0) is 13.0. The number of aliphatic hydroxyl groups is 1.